The van der Waals surface area contributed by atoms with Crippen molar-refractivity contribution in [2.24, 2.45) is 0 Å². The maximum Gasteiger partial charge on any atom is 0.164 e. The minimum absolute atomic E-state index is 0.475. The lowest BCUT2D eigenvalue weighted by atomic mass is 9.95. The summed E-state index contributed by atoms with van der Waals surface area (Å²) in [7, 11) is 0. The van der Waals surface area contributed by atoms with Crippen molar-refractivity contribution in [3.8, 4) is 79.7 Å². The molecule has 0 unspecified atom stereocenters. The Balaban J connectivity index is 1.09. The van der Waals surface area contributed by atoms with Gasteiger partial charge in [0.15, 0.2) is 17.5 Å². The van der Waals surface area contributed by atoms with E-state index in [1.807, 2.05) is 84.9 Å². The molecule has 232 valence electrons. The van der Waals surface area contributed by atoms with Gasteiger partial charge in [0, 0.05) is 16.7 Å². The fourth-order valence-electron chi connectivity index (χ4n) is 6.13. The third kappa shape index (κ3) is 6.11. The van der Waals surface area contributed by atoms with E-state index in [9.17, 15) is 10.5 Å². The molecule has 0 atom stereocenters. The molecule has 1 aromatic heterocycles. The Labute approximate surface area is 290 Å². The summed E-state index contributed by atoms with van der Waals surface area (Å²) < 4.78 is 0. The molecule has 0 fully saturated rings. The molecule has 5 nitrogen and oxygen atoms in total. The van der Waals surface area contributed by atoms with Crippen molar-refractivity contribution < 1.29 is 0 Å². The first-order chi connectivity index (χ1) is 24.6. The molecule has 0 saturated carbocycles. The van der Waals surface area contributed by atoms with Gasteiger partial charge in [-0.3, -0.25) is 0 Å². The Morgan fingerprint density at radius 3 is 1.08 bits per heavy atom. The van der Waals surface area contributed by atoms with Crippen LogP contribution in [0.1, 0.15) is 11.1 Å². The first-order valence-electron chi connectivity index (χ1n) is 16.2. The van der Waals surface area contributed by atoms with Crippen LogP contribution in [0.5, 0.6) is 0 Å². The van der Waals surface area contributed by atoms with Gasteiger partial charge in [0.1, 0.15) is 0 Å². The molecule has 0 aliphatic rings. The highest BCUT2D eigenvalue weighted by atomic mass is 15.0. The van der Waals surface area contributed by atoms with E-state index in [1.165, 1.54) is 0 Å². The molecule has 0 radical (unpaired) electrons. The summed E-state index contributed by atoms with van der Waals surface area (Å²) >= 11 is 0. The summed E-state index contributed by atoms with van der Waals surface area (Å²) in [5.74, 6) is 1.90. The maximum absolute atomic E-state index is 9.38. The van der Waals surface area contributed by atoms with Gasteiger partial charge in [0.2, 0.25) is 0 Å². The van der Waals surface area contributed by atoms with Crippen LogP contribution in [0, 0.1) is 22.7 Å². The fourth-order valence-corrected chi connectivity index (χ4v) is 6.13. The lowest BCUT2D eigenvalue weighted by Crippen LogP contribution is -2.00. The molecule has 0 saturated heterocycles. The Hall–Kier alpha value is -7.21. The monoisotopic (exact) mass is 637 g/mol. The first kappa shape index (κ1) is 30.1. The van der Waals surface area contributed by atoms with Crippen LogP contribution >= 0.6 is 0 Å². The van der Waals surface area contributed by atoms with E-state index in [-0.39, 0.29) is 0 Å². The molecule has 8 aromatic rings. The second-order valence-corrected chi connectivity index (χ2v) is 12.0. The van der Waals surface area contributed by atoms with Crippen LogP contribution in [-0.2, 0) is 0 Å². The number of nitrogens with zero attached hydrogens (tertiary/aromatic N) is 5. The standard InChI is InChI=1S/C45H27N5/c46-28-30-23-31(29-47)25-41(24-30)34-13-11-32(12-14-34)39-21-17-35-18-22-40(27-42(35)26-39)33-15-19-38(20-16-33)45-49-43(36-7-3-1-4-8-36)48-44(50-45)37-9-5-2-6-10-37/h1-27H. The van der Waals surface area contributed by atoms with E-state index in [2.05, 4.69) is 84.9 Å². The Morgan fingerprint density at radius 2 is 0.660 bits per heavy atom. The second-order valence-electron chi connectivity index (χ2n) is 12.0. The maximum atomic E-state index is 9.38. The van der Waals surface area contributed by atoms with Gasteiger partial charge in [-0.05, 0) is 74.5 Å². The molecule has 0 amide bonds. The topological polar surface area (TPSA) is 86.2 Å². The molecule has 5 heteroatoms. The molecular formula is C45H27N5. The van der Waals surface area contributed by atoms with Crippen LogP contribution in [0.15, 0.2) is 164 Å². The quantitative estimate of drug-likeness (QED) is 0.181. The van der Waals surface area contributed by atoms with E-state index in [0.29, 0.717) is 28.6 Å². The van der Waals surface area contributed by atoms with E-state index in [4.69, 9.17) is 15.0 Å². The lowest BCUT2D eigenvalue weighted by Gasteiger charge is -2.10. The van der Waals surface area contributed by atoms with Crippen molar-refractivity contribution >= 4 is 10.8 Å². The summed E-state index contributed by atoms with van der Waals surface area (Å²) in [5, 5.41) is 21.1. The largest absolute Gasteiger partial charge is 0.208 e. The van der Waals surface area contributed by atoms with Crippen molar-refractivity contribution in [3.63, 3.8) is 0 Å². The van der Waals surface area contributed by atoms with Gasteiger partial charge in [-0.1, -0.05) is 133 Å². The minimum Gasteiger partial charge on any atom is -0.208 e. The molecule has 0 spiro atoms. The van der Waals surface area contributed by atoms with Gasteiger partial charge in [-0.15, -0.1) is 0 Å². The lowest BCUT2D eigenvalue weighted by molar-refractivity contribution is 1.07. The summed E-state index contributed by atoms with van der Waals surface area (Å²) in [4.78, 5) is 14.6. The van der Waals surface area contributed by atoms with Crippen molar-refractivity contribution in [1.82, 2.24) is 15.0 Å². The van der Waals surface area contributed by atoms with Gasteiger partial charge in [0.05, 0.1) is 23.3 Å². The smallest absolute Gasteiger partial charge is 0.164 e. The van der Waals surface area contributed by atoms with Crippen LogP contribution in [0.25, 0.3) is 78.3 Å². The van der Waals surface area contributed by atoms with E-state index >= 15 is 0 Å². The van der Waals surface area contributed by atoms with Crippen molar-refractivity contribution in [1.29, 1.82) is 10.5 Å². The third-order valence-electron chi connectivity index (χ3n) is 8.76. The molecule has 8 rings (SSSR count). The highest BCUT2D eigenvalue weighted by Gasteiger charge is 2.13. The Kier molecular flexibility index (Phi) is 7.91. The molecule has 1 heterocycles. The summed E-state index contributed by atoms with van der Waals surface area (Å²) in [6.07, 6.45) is 0. The van der Waals surface area contributed by atoms with E-state index < -0.39 is 0 Å². The van der Waals surface area contributed by atoms with Gasteiger partial charge >= 0.3 is 0 Å². The first-order valence-corrected chi connectivity index (χ1v) is 16.2. The van der Waals surface area contributed by atoms with Crippen LogP contribution in [0.4, 0.5) is 0 Å². The van der Waals surface area contributed by atoms with E-state index in [0.717, 1.165) is 60.8 Å². The zero-order valence-electron chi connectivity index (χ0n) is 26.8. The predicted molar refractivity (Wildman–Crippen MR) is 199 cm³/mol. The number of benzene rings is 7. The highest BCUT2D eigenvalue weighted by Crippen LogP contribution is 2.32. The number of fused-ring (bicyclic) bond motifs is 1. The Morgan fingerprint density at radius 1 is 0.300 bits per heavy atom. The van der Waals surface area contributed by atoms with Gasteiger partial charge in [-0.2, -0.15) is 10.5 Å². The number of rotatable bonds is 6. The Bertz CT molecular complexity index is 2490. The second kappa shape index (κ2) is 13.1. The number of aromatic nitrogens is 3. The minimum atomic E-state index is 0.475. The number of hydrogen-bond acceptors (Lipinski definition) is 5. The zero-order chi connectivity index (χ0) is 33.9. The van der Waals surface area contributed by atoms with Crippen LogP contribution in [-0.4, -0.2) is 15.0 Å². The molecular weight excluding hydrogens is 611 g/mol. The van der Waals surface area contributed by atoms with Crippen LogP contribution < -0.4 is 0 Å². The SMILES string of the molecule is N#Cc1cc(C#N)cc(-c2ccc(-c3ccc4ccc(-c5ccc(-c6nc(-c7ccccc7)nc(-c7ccccc7)n6)cc5)cc4c3)cc2)c1. The van der Waals surface area contributed by atoms with Crippen LogP contribution in [0.3, 0.4) is 0 Å². The molecule has 0 N–H and O–H groups in total. The zero-order valence-corrected chi connectivity index (χ0v) is 26.8. The van der Waals surface area contributed by atoms with Crippen molar-refractivity contribution in [2.75, 3.05) is 0 Å². The van der Waals surface area contributed by atoms with Gasteiger partial charge in [-0.25, -0.2) is 15.0 Å². The molecule has 0 bridgehead atoms. The van der Waals surface area contributed by atoms with E-state index in [1.54, 1.807) is 6.07 Å². The fraction of sp³-hybridized carbons (Fsp3) is 0. The molecule has 50 heavy (non-hydrogen) atoms. The summed E-state index contributed by atoms with van der Waals surface area (Å²) in [6.45, 7) is 0. The van der Waals surface area contributed by atoms with Crippen molar-refractivity contribution in [3.05, 3.63) is 175 Å². The summed E-state index contributed by atoms with van der Waals surface area (Å²) in [6, 6.07) is 59.2. The number of hydrogen-bond donors (Lipinski definition) is 0. The van der Waals surface area contributed by atoms with Gasteiger partial charge < -0.3 is 0 Å². The van der Waals surface area contributed by atoms with Crippen LogP contribution in [0.2, 0.25) is 0 Å². The molecule has 7 aromatic carbocycles. The third-order valence-corrected chi connectivity index (χ3v) is 8.76. The average molecular weight is 638 g/mol. The molecule has 0 aliphatic carbocycles. The molecule has 0 aliphatic heterocycles. The van der Waals surface area contributed by atoms with Gasteiger partial charge in [0.25, 0.3) is 0 Å². The normalized spacial score (nSPS) is 10.8. The highest BCUT2D eigenvalue weighted by molar-refractivity contribution is 5.91. The van der Waals surface area contributed by atoms with Crippen molar-refractivity contribution in [2.45, 2.75) is 0 Å². The summed E-state index contributed by atoms with van der Waals surface area (Å²) in [5.41, 5.74) is 9.97. The average Bonchev–Trinajstić information content (AvgIpc) is 3.20. The number of nitriles is 2. The predicted octanol–water partition coefficient (Wildman–Crippen LogP) is 10.8.